The Morgan fingerprint density at radius 1 is 1.45 bits per heavy atom. The van der Waals surface area contributed by atoms with Gasteiger partial charge >= 0.3 is 0 Å². The maximum Gasteiger partial charge on any atom is 0.263 e. The number of amides is 1. The molecule has 0 unspecified atom stereocenters. The molecule has 0 aromatic heterocycles. The van der Waals surface area contributed by atoms with Gasteiger partial charge in [-0.25, -0.2) is 0 Å². The van der Waals surface area contributed by atoms with Crippen molar-refractivity contribution in [2.45, 2.75) is 13.8 Å². The predicted molar refractivity (Wildman–Crippen MR) is 76.8 cm³/mol. The van der Waals surface area contributed by atoms with Gasteiger partial charge < -0.3 is 15.4 Å². The summed E-state index contributed by atoms with van der Waals surface area (Å²) >= 11 is 0. The Kier molecular flexibility index (Phi) is 7.70. The van der Waals surface area contributed by atoms with Gasteiger partial charge in [0.15, 0.2) is 0 Å². The molecule has 1 rings (SSSR count). The van der Waals surface area contributed by atoms with Crippen molar-refractivity contribution in [3.05, 3.63) is 11.8 Å². The molecular formula is C14H24N4O2. The first-order chi connectivity index (χ1) is 9.63. The molecule has 1 fully saturated rings. The molecule has 1 aliphatic heterocycles. The zero-order valence-electron chi connectivity index (χ0n) is 12.3. The number of rotatable bonds is 7. The van der Waals surface area contributed by atoms with Crippen LogP contribution in [0.5, 0.6) is 0 Å². The predicted octanol–water partition coefficient (Wildman–Crippen LogP) is 0.0879. The van der Waals surface area contributed by atoms with Crippen molar-refractivity contribution in [2.75, 3.05) is 45.9 Å². The van der Waals surface area contributed by atoms with Crippen LogP contribution >= 0.6 is 0 Å². The van der Waals surface area contributed by atoms with E-state index in [2.05, 4.69) is 29.4 Å². The van der Waals surface area contributed by atoms with E-state index in [0.29, 0.717) is 12.5 Å². The van der Waals surface area contributed by atoms with Crippen molar-refractivity contribution in [3.63, 3.8) is 0 Å². The first-order valence-electron chi connectivity index (χ1n) is 7.05. The number of nitrogens with zero attached hydrogens (tertiary/aromatic N) is 2. The van der Waals surface area contributed by atoms with Crippen LogP contribution in [0.25, 0.3) is 0 Å². The molecule has 20 heavy (non-hydrogen) atoms. The summed E-state index contributed by atoms with van der Waals surface area (Å²) in [6.45, 7) is 9.48. The summed E-state index contributed by atoms with van der Waals surface area (Å²) in [6.07, 6.45) is 1.49. The second kappa shape index (κ2) is 9.34. The minimum atomic E-state index is -0.322. The summed E-state index contributed by atoms with van der Waals surface area (Å²) in [5.74, 6) is 0.146. The second-order valence-electron chi connectivity index (χ2n) is 5.18. The maximum atomic E-state index is 11.8. The lowest BCUT2D eigenvalue weighted by Gasteiger charge is -2.26. The fourth-order valence-corrected chi connectivity index (χ4v) is 1.79. The molecule has 0 spiro atoms. The van der Waals surface area contributed by atoms with E-state index in [1.165, 1.54) is 6.20 Å². The van der Waals surface area contributed by atoms with E-state index in [1.807, 2.05) is 6.07 Å². The number of hydrogen-bond donors (Lipinski definition) is 2. The normalized spacial score (nSPS) is 16.8. The van der Waals surface area contributed by atoms with Gasteiger partial charge in [0.2, 0.25) is 0 Å². The molecule has 0 saturated carbocycles. The molecule has 0 aromatic carbocycles. The quantitative estimate of drug-likeness (QED) is 0.510. The van der Waals surface area contributed by atoms with Crippen LogP contribution in [-0.4, -0.2) is 56.7 Å². The van der Waals surface area contributed by atoms with Crippen LogP contribution in [0.2, 0.25) is 0 Å². The minimum absolute atomic E-state index is 0.118. The lowest BCUT2D eigenvalue weighted by Crippen LogP contribution is -2.41. The average molecular weight is 280 g/mol. The van der Waals surface area contributed by atoms with Crippen LogP contribution in [0.1, 0.15) is 13.8 Å². The summed E-state index contributed by atoms with van der Waals surface area (Å²) in [5, 5.41) is 14.7. The minimum Gasteiger partial charge on any atom is -0.389 e. The van der Waals surface area contributed by atoms with E-state index in [0.717, 1.165) is 39.4 Å². The fourth-order valence-electron chi connectivity index (χ4n) is 1.79. The fraction of sp³-hybridized carbons (Fsp3) is 0.714. The second-order valence-corrected chi connectivity index (χ2v) is 5.18. The Hall–Kier alpha value is -1.58. The molecule has 0 bridgehead atoms. The molecule has 0 radical (unpaired) electrons. The average Bonchev–Trinajstić information content (AvgIpc) is 2.44. The van der Waals surface area contributed by atoms with Gasteiger partial charge in [-0.2, -0.15) is 5.26 Å². The molecule has 1 amide bonds. The Morgan fingerprint density at radius 3 is 2.75 bits per heavy atom. The van der Waals surface area contributed by atoms with Crippen molar-refractivity contribution in [1.29, 1.82) is 5.26 Å². The van der Waals surface area contributed by atoms with Gasteiger partial charge in [0, 0.05) is 38.9 Å². The molecule has 1 heterocycles. The maximum absolute atomic E-state index is 11.8. The van der Waals surface area contributed by atoms with Crippen LogP contribution in [0.4, 0.5) is 0 Å². The van der Waals surface area contributed by atoms with Gasteiger partial charge in [0.1, 0.15) is 11.6 Å². The summed E-state index contributed by atoms with van der Waals surface area (Å²) in [4.78, 5) is 14.0. The van der Waals surface area contributed by atoms with E-state index in [9.17, 15) is 4.79 Å². The van der Waals surface area contributed by atoms with Crippen molar-refractivity contribution < 1.29 is 9.53 Å². The van der Waals surface area contributed by atoms with Gasteiger partial charge in [-0.15, -0.1) is 0 Å². The number of ether oxygens (including phenoxy) is 1. The topological polar surface area (TPSA) is 77.4 Å². The van der Waals surface area contributed by atoms with Crippen LogP contribution in [0.15, 0.2) is 11.8 Å². The zero-order valence-corrected chi connectivity index (χ0v) is 12.3. The van der Waals surface area contributed by atoms with E-state index < -0.39 is 0 Å². The number of carbonyl (C=O) groups excluding carboxylic acids is 1. The summed E-state index contributed by atoms with van der Waals surface area (Å²) in [5.41, 5.74) is 0.118. The van der Waals surface area contributed by atoms with Crippen LogP contribution in [0, 0.1) is 17.2 Å². The summed E-state index contributed by atoms with van der Waals surface area (Å²) < 4.78 is 5.26. The highest BCUT2D eigenvalue weighted by molar-refractivity contribution is 5.97. The van der Waals surface area contributed by atoms with Crippen LogP contribution in [-0.2, 0) is 9.53 Å². The van der Waals surface area contributed by atoms with Crippen LogP contribution < -0.4 is 10.6 Å². The van der Waals surface area contributed by atoms with Crippen molar-refractivity contribution in [2.24, 2.45) is 5.92 Å². The molecule has 2 N–H and O–H groups in total. The molecule has 0 atom stereocenters. The van der Waals surface area contributed by atoms with Crippen molar-refractivity contribution in [3.8, 4) is 6.07 Å². The first-order valence-corrected chi connectivity index (χ1v) is 7.05. The zero-order chi connectivity index (χ0) is 14.8. The summed E-state index contributed by atoms with van der Waals surface area (Å²) in [6, 6.07) is 1.92. The number of nitriles is 1. The number of morpholine rings is 1. The molecule has 0 aromatic rings. The largest absolute Gasteiger partial charge is 0.389 e. The third-order valence-electron chi connectivity index (χ3n) is 2.95. The van der Waals surface area contributed by atoms with E-state index in [-0.39, 0.29) is 11.5 Å². The number of carbonyl (C=O) groups is 1. The van der Waals surface area contributed by atoms with Gasteiger partial charge in [0.25, 0.3) is 5.91 Å². The molecular weight excluding hydrogens is 256 g/mol. The molecule has 6 heteroatoms. The van der Waals surface area contributed by atoms with Crippen molar-refractivity contribution >= 4 is 5.91 Å². The summed E-state index contributed by atoms with van der Waals surface area (Å²) in [7, 11) is 0. The highest BCUT2D eigenvalue weighted by Crippen LogP contribution is 1.96. The Balaban J connectivity index is 2.26. The highest BCUT2D eigenvalue weighted by atomic mass is 16.5. The Morgan fingerprint density at radius 2 is 2.15 bits per heavy atom. The van der Waals surface area contributed by atoms with E-state index in [1.54, 1.807) is 0 Å². The molecule has 1 saturated heterocycles. The van der Waals surface area contributed by atoms with Crippen LogP contribution in [0.3, 0.4) is 0 Å². The van der Waals surface area contributed by atoms with Gasteiger partial charge in [-0.1, -0.05) is 13.8 Å². The smallest absolute Gasteiger partial charge is 0.263 e. The van der Waals surface area contributed by atoms with E-state index >= 15 is 0 Å². The lowest BCUT2D eigenvalue weighted by molar-refractivity contribution is -0.117. The molecule has 6 nitrogen and oxygen atoms in total. The highest BCUT2D eigenvalue weighted by Gasteiger charge is 2.12. The third kappa shape index (κ3) is 6.55. The number of hydrogen-bond acceptors (Lipinski definition) is 5. The lowest BCUT2D eigenvalue weighted by atomic mass is 10.2. The Labute approximate surface area is 120 Å². The first kappa shape index (κ1) is 16.5. The van der Waals surface area contributed by atoms with E-state index in [4.69, 9.17) is 10.00 Å². The number of nitrogens with one attached hydrogen (secondary N) is 2. The Bertz CT molecular complexity index is 368. The molecule has 0 aliphatic carbocycles. The SMILES string of the molecule is CC(C)CN/C=C(/C#N)C(=O)NCCN1CCOCC1. The molecule has 1 aliphatic rings. The van der Waals surface area contributed by atoms with Gasteiger partial charge in [0.05, 0.1) is 13.2 Å². The van der Waals surface area contributed by atoms with Gasteiger partial charge in [-0.05, 0) is 5.92 Å². The molecule has 112 valence electrons. The van der Waals surface area contributed by atoms with Crippen molar-refractivity contribution in [1.82, 2.24) is 15.5 Å². The monoisotopic (exact) mass is 280 g/mol. The third-order valence-corrected chi connectivity index (χ3v) is 2.95. The standard InChI is InChI=1S/C14H24N4O2/c1-12(2)10-16-11-13(9-15)14(19)17-3-4-18-5-7-20-8-6-18/h11-12,16H,3-8,10H2,1-2H3,(H,17,19)/b13-11-. The van der Waals surface area contributed by atoms with Gasteiger partial charge in [-0.3, -0.25) is 9.69 Å².